The van der Waals surface area contributed by atoms with Crippen molar-refractivity contribution in [3.05, 3.63) is 23.5 Å². The maximum atomic E-state index is 11.1. The van der Waals surface area contributed by atoms with Gasteiger partial charge in [-0.15, -0.1) is 0 Å². The average molecular weight is 226 g/mol. The number of hydrogen-bond acceptors (Lipinski definition) is 4. The van der Waals surface area contributed by atoms with E-state index < -0.39 is 0 Å². The highest BCUT2D eigenvalue weighted by Gasteiger charge is 2.07. The monoisotopic (exact) mass is 226 g/mol. The van der Waals surface area contributed by atoms with E-state index in [0.29, 0.717) is 12.2 Å². The third-order valence-electron chi connectivity index (χ3n) is 2.23. The second-order valence-corrected chi connectivity index (χ2v) is 3.50. The molecule has 0 radical (unpaired) electrons. The van der Waals surface area contributed by atoms with Gasteiger partial charge in [0, 0.05) is 18.8 Å². The van der Waals surface area contributed by atoms with Crippen molar-refractivity contribution in [3.8, 4) is 0 Å². The van der Waals surface area contributed by atoms with Crippen LogP contribution in [0.2, 0.25) is 0 Å². The lowest BCUT2D eigenvalue weighted by Gasteiger charge is -2.02. The number of aliphatic hydroxyl groups excluding tert-OH is 1. The molecular formula is C11H18N2O3. The largest absolute Gasteiger partial charge is 0.464 e. The minimum absolute atomic E-state index is 0.233. The number of nitrogens with one attached hydrogen (secondary N) is 2. The third-order valence-corrected chi connectivity index (χ3v) is 2.23. The van der Waals surface area contributed by atoms with Crippen LogP contribution in [0.5, 0.6) is 0 Å². The van der Waals surface area contributed by atoms with Crippen molar-refractivity contribution >= 4 is 5.97 Å². The van der Waals surface area contributed by atoms with E-state index in [4.69, 9.17) is 5.11 Å². The molecule has 90 valence electrons. The minimum atomic E-state index is -0.355. The molecule has 0 aliphatic carbocycles. The number of hydrogen-bond donors (Lipinski definition) is 3. The number of H-pyrrole nitrogens is 1. The molecule has 5 heteroatoms. The Morgan fingerprint density at radius 1 is 1.50 bits per heavy atom. The molecule has 5 nitrogen and oxygen atoms in total. The number of carbonyl (C=O) groups excluding carboxylic acids is 1. The van der Waals surface area contributed by atoms with Crippen LogP contribution in [0.4, 0.5) is 0 Å². The van der Waals surface area contributed by atoms with Gasteiger partial charge in [0.05, 0.1) is 7.11 Å². The third kappa shape index (κ3) is 4.04. The van der Waals surface area contributed by atoms with Crippen molar-refractivity contribution in [2.45, 2.75) is 19.4 Å². The molecule has 0 fully saturated rings. The lowest BCUT2D eigenvalue weighted by molar-refractivity contribution is 0.0594. The zero-order valence-electron chi connectivity index (χ0n) is 9.45. The Morgan fingerprint density at radius 2 is 2.31 bits per heavy atom. The molecule has 0 saturated heterocycles. The summed E-state index contributed by atoms with van der Waals surface area (Å²) in [6.45, 7) is 1.77. The second kappa shape index (κ2) is 7.03. The zero-order chi connectivity index (χ0) is 11.8. The van der Waals surface area contributed by atoms with Crippen molar-refractivity contribution in [3.63, 3.8) is 0 Å². The molecule has 1 aromatic rings. The van der Waals surface area contributed by atoms with Crippen LogP contribution in [0, 0.1) is 0 Å². The van der Waals surface area contributed by atoms with E-state index in [1.807, 2.05) is 6.07 Å². The summed E-state index contributed by atoms with van der Waals surface area (Å²) < 4.78 is 4.59. The first-order chi connectivity index (χ1) is 7.77. The minimum Gasteiger partial charge on any atom is -0.464 e. The number of aliphatic hydroxyl groups is 1. The van der Waals surface area contributed by atoms with Gasteiger partial charge in [0.2, 0.25) is 0 Å². The molecule has 0 aromatic carbocycles. The number of methoxy groups -OCH3 is 1. The van der Waals surface area contributed by atoms with Gasteiger partial charge in [-0.05, 0) is 31.5 Å². The van der Waals surface area contributed by atoms with Crippen LogP contribution in [0.25, 0.3) is 0 Å². The Kier molecular flexibility index (Phi) is 5.60. The van der Waals surface area contributed by atoms with Crippen LogP contribution in [0.15, 0.2) is 12.1 Å². The van der Waals surface area contributed by atoms with E-state index >= 15 is 0 Å². The van der Waals surface area contributed by atoms with Crippen LogP contribution in [-0.4, -0.2) is 36.3 Å². The highest BCUT2D eigenvalue weighted by molar-refractivity contribution is 5.87. The Hall–Kier alpha value is -1.33. The molecule has 0 saturated carbocycles. The van der Waals surface area contributed by atoms with Gasteiger partial charge in [-0.25, -0.2) is 4.79 Å². The van der Waals surface area contributed by atoms with E-state index in [9.17, 15) is 4.79 Å². The number of carbonyl (C=O) groups is 1. The van der Waals surface area contributed by atoms with Crippen LogP contribution >= 0.6 is 0 Å². The van der Waals surface area contributed by atoms with Crippen molar-refractivity contribution in [2.75, 3.05) is 20.3 Å². The van der Waals surface area contributed by atoms with E-state index in [1.54, 1.807) is 6.07 Å². The number of aromatic nitrogens is 1. The molecule has 16 heavy (non-hydrogen) atoms. The Labute approximate surface area is 94.8 Å². The van der Waals surface area contributed by atoms with E-state index in [1.165, 1.54) is 7.11 Å². The van der Waals surface area contributed by atoms with Gasteiger partial charge < -0.3 is 20.1 Å². The lowest BCUT2D eigenvalue weighted by Crippen LogP contribution is -2.15. The van der Waals surface area contributed by atoms with Gasteiger partial charge in [-0.2, -0.15) is 0 Å². The summed E-state index contributed by atoms with van der Waals surface area (Å²) in [5.74, 6) is -0.355. The van der Waals surface area contributed by atoms with Crippen molar-refractivity contribution < 1.29 is 14.6 Å². The SMILES string of the molecule is COC(=O)c1ccc(CNCCCCO)[nH]1. The van der Waals surface area contributed by atoms with Crippen LogP contribution in [-0.2, 0) is 11.3 Å². The van der Waals surface area contributed by atoms with Crippen LogP contribution in [0.1, 0.15) is 29.0 Å². The molecule has 1 aromatic heterocycles. The molecule has 0 unspecified atom stereocenters. The molecule has 0 amide bonds. The quantitative estimate of drug-likeness (QED) is 0.472. The molecular weight excluding hydrogens is 208 g/mol. The van der Waals surface area contributed by atoms with Crippen molar-refractivity contribution in [2.24, 2.45) is 0 Å². The Bertz CT molecular complexity index is 323. The van der Waals surface area contributed by atoms with Gasteiger partial charge in [-0.3, -0.25) is 0 Å². The molecule has 3 N–H and O–H groups in total. The molecule has 0 atom stereocenters. The Balaban J connectivity index is 2.27. The molecule has 1 rings (SSSR count). The van der Waals surface area contributed by atoms with Crippen LogP contribution < -0.4 is 5.32 Å². The second-order valence-electron chi connectivity index (χ2n) is 3.50. The summed E-state index contributed by atoms with van der Waals surface area (Å²) in [7, 11) is 1.36. The maximum absolute atomic E-state index is 11.1. The van der Waals surface area contributed by atoms with E-state index in [0.717, 1.165) is 25.1 Å². The lowest BCUT2D eigenvalue weighted by atomic mass is 10.3. The summed E-state index contributed by atoms with van der Waals surface area (Å²) in [4.78, 5) is 14.1. The van der Waals surface area contributed by atoms with Crippen molar-refractivity contribution in [1.82, 2.24) is 10.3 Å². The summed E-state index contributed by atoms with van der Waals surface area (Å²) in [6.07, 6.45) is 1.76. The Morgan fingerprint density at radius 3 is 3.00 bits per heavy atom. The fourth-order valence-electron chi connectivity index (χ4n) is 1.36. The fraction of sp³-hybridized carbons (Fsp3) is 0.545. The van der Waals surface area contributed by atoms with E-state index in [-0.39, 0.29) is 12.6 Å². The number of rotatable bonds is 7. The molecule has 1 heterocycles. The number of aromatic amines is 1. The van der Waals surface area contributed by atoms with E-state index in [2.05, 4.69) is 15.0 Å². The normalized spacial score (nSPS) is 10.4. The molecule has 0 aliphatic heterocycles. The first kappa shape index (κ1) is 12.7. The highest BCUT2D eigenvalue weighted by atomic mass is 16.5. The predicted octanol–water partition coefficient (Wildman–Crippen LogP) is 0.663. The molecule has 0 aliphatic rings. The molecule has 0 bridgehead atoms. The van der Waals surface area contributed by atoms with Gasteiger partial charge in [0.25, 0.3) is 0 Å². The first-order valence-corrected chi connectivity index (χ1v) is 5.35. The standard InChI is InChI=1S/C11H18N2O3/c1-16-11(15)10-5-4-9(13-10)8-12-6-2-3-7-14/h4-5,12-14H,2-3,6-8H2,1H3. The van der Waals surface area contributed by atoms with Gasteiger partial charge in [0.1, 0.15) is 5.69 Å². The van der Waals surface area contributed by atoms with Gasteiger partial charge in [0.15, 0.2) is 0 Å². The van der Waals surface area contributed by atoms with Crippen LogP contribution in [0.3, 0.4) is 0 Å². The highest BCUT2D eigenvalue weighted by Crippen LogP contribution is 2.03. The average Bonchev–Trinajstić information content (AvgIpc) is 2.76. The summed E-state index contributed by atoms with van der Waals surface area (Å²) in [5.41, 5.74) is 1.42. The summed E-state index contributed by atoms with van der Waals surface area (Å²) in [6, 6.07) is 3.56. The maximum Gasteiger partial charge on any atom is 0.354 e. The fourth-order valence-corrected chi connectivity index (χ4v) is 1.36. The predicted molar refractivity (Wildman–Crippen MR) is 60.2 cm³/mol. The number of ether oxygens (including phenoxy) is 1. The number of esters is 1. The number of unbranched alkanes of at least 4 members (excludes halogenated alkanes) is 1. The topological polar surface area (TPSA) is 74.3 Å². The van der Waals surface area contributed by atoms with Gasteiger partial charge >= 0.3 is 5.97 Å². The summed E-state index contributed by atoms with van der Waals surface area (Å²) >= 11 is 0. The molecule has 0 spiro atoms. The smallest absolute Gasteiger partial charge is 0.354 e. The zero-order valence-corrected chi connectivity index (χ0v) is 9.45. The summed E-state index contributed by atoms with van der Waals surface area (Å²) in [5, 5.41) is 11.8. The van der Waals surface area contributed by atoms with Crippen molar-refractivity contribution in [1.29, 1.82) is 0 Å². The first-order valence-electron chi connectivity index (χ1n) is 5.35. The van der Waals surface area contributed by atoms with Gasteiger partial charge in [-0.1, -0.05) is 0 Å².